The number of nitrogens with zero attached hydrogens (tertiary/aromatic N) is 2. The van der Waals surface area contributed by atoms with E-state index in [1.165, 1.54) is 23.5 Å². The molecule has 1 amide bonds. The predicted octanol–water partition coefficient (Wildman–Crippen LogP) is 4.04. The van der Waals surface area contributed by atoms with Crippen molar-refractivity contribution in [2.45, 2.75) is 13.1 Å². The first-order valence-corrected chi connectivity index (χ1v) is 8.50. The SMILES string of the molecule is Cc1ccsc1C(=O)N1CCN(c2cccc(C(F)(F)F)c2)CC1. The van der Waals surface area contributed by atoms with Gasteiger partial charge in [0, 0.05) is 31.9 Å². The molecule has 0 atom stereocenters. The Hall–Kier alpha value is -2.02. The van der Waals surface area contributed by atoms with Crippen LogP contribution < -0.4 is 4.90 Å². The van der Waals surface area contributed by atoms with Gasteiger partial charge in [0.15, 0.2) is 0 Å². The number of carbonyl (C=O) groups excluding carboxylic acids is 1. The highest BCUT2D eigenvalue weighted by Crippen LogP contribution is 2.32. The normalized spacial score (nSPS) is 15.7. The Morgan fingerprint density at radius 2 is 1.83 bits per heavy atom. The molecule has 24 heavy (non-hydrogen) atoms. The lowest BCUT2D eigenvalue weighted by atomic mass is 10.1. The molecule has 1 saturated heterocycles. The van der Waals surface area contributed by atoms with E-state index < -0.39 is 11.7 Å². The van der Waals surface area contributed by atoms with Gasteiger partial charge in [-0.1, -0.05) is 6.07 Å². The monoisotopic (exact) mass is 354 g/mol. The van der Waals surface area contributed by atoms with Gasteiger partial charge < -0.3 is 9.80 Å². The minimum absolute atomic E-state index is 0.00573. The highest BCUT2D eigenvalue weighted by molar-refractivity contribution is 7.12. The summed E-state index contributed by atoms with van der Waals surface area (Å²) in [5, 5.41) is 1.89. The summed E-state index contributed by atoms with van der Waals surface area (Å²) in [5.74, 6) is 0.00573. The van der Waals surface area contributed by atoms with Crippen LogP contribution in [0.5, 0.6) is 0 Å². The van der Waals surface area contributed by atoms with Gasteiger partial charge in [0.05, 0.1) is 10.4 Å². The maximum Gasteiger partial charge on any atom is 0.416 e. The first-order valence-electron chi connectivity index (χ1n) is 7.62. The third-order valence-electron chi connectivity index (χ3n) is 4.16. The molecule has 0 unspecified atom stereocenters. The average molecular weight is 354 g/mol. The molecule has 0 radical (unpaired) electrons. The van der Waals surface area contributed by atoms with Gasteiger partial charge in [0.2, 0.25) is 0 Å². The zero-order valence-electron chi connectivity index (χ0n) is 13.1. The van der Waals surface area contributed by atoms with E-state index in [1.807, 2.05) is 23.3 Å². The number of halogens is 3. The number of hydrogen-bond donors (Lipinski definition) is 0. The van der Waals surface area contributed by atoms with E-state index in [0.29, 0.717) is 31.9 Å². The largest absolute Gasteiger partial charge is 0.416 e. The molecular formula is C17H17F3N2OS. The summed E-state index contributed by atoms with van der Waals surface area (Å²) >= 11 is 1.42. The fourth-order valence-electron chi connectivity index (χ4n) is 2.78. The zero-order valence-corrected chi connectivity index (χ0v) is 14.0. The molecule has 1 aromatic carbocycles. The Bertz CT molecular complexity index is 733. The Balaban J connectivity index is 1.67. The number of carbonyl (C=O) groups is 1. The van der Waals surface area contributed by atoms with E-state index in [1.54, 1.807) is 11.0 Å². The third kappa shape index (κ3) is 3.40. The van der Waals surface area contributed by atoms with Crippen molar-refractivity contribution in [1.82, 2.24) is 4.90 Å². The Labute approximate surface area is 142 Å². The smallest absolute Gasteiger partial charge is 0.368 e. The molecule has 0 bridgehead atoms. The number of alkyl halides is 3. The lowest BCUT2D eigenvalue weighted by molar-refractivity contribution is -0.137. The van der Waals surface area contributed by atoms with Crippen LogP contribution in [0.4, 0.5) is 18.9 Å². The van der Waals surface area contributed by atoms with Gasteiger partial charge >= 0.3 is 6.18 Å². The summed E-state index contributed by atoms with van der Waals surface area (Å²) in [5.41, 5.74) is 0.863. The van der Waals surface area contributed by atoms with Crippen LogP contribution in [0.1, 0.15) is 20.8 Å². The minimum atomic E-state index is -4.34. The topological polar surface area (TPSA) is 23.6 Å². The Morgan fingerprint density at radius 3 is 2.42 bits per heavy atom. The van der Waals surface area contributed by atoms with E-state index in [9.17, 15) is 18.0 Å². The number of piperazine rings is 1. The molecule has 0 saturated carbocycles. The standard InChI is InChI=1S/C17H17F3N2OS/c1-12-5-10-24-15(12)16(23)22-8-6-21(7-9-22)14-4-2-3-13(11-14)17(18,19)20/h2-5,10-11H,6-9H2,1H3. The maximum absolute atomic E-state index is 12.8. The lowest BCUT2D eigenvalue weighted by Gasteiger charge is -2.36. The van der Waals surface area contributed by atoms with Crippen molar-refractivity contribution in [2.75, 3.05) is 31.1 Å². The first kappa shape index (κ1) is 16.8. The van der Waals surface area contributed by atoms with Crippen molar-refractivity contribution >= 4 is 22.9 Å². The van der Waals surface area contributed by atoms with Crippen LogP contribution in [0, 0.1) is 6.92 Å². The highest BCUT2D eigenvalue weighted by atomic mass is 32.1. The van der Waals surface area contributed by atoms with E-state index in [4.69, 9.17) is 0 Å². The van der Waals surface area contributed by atoms with Crippen LogP contribution in [0.25, 0.3) is 0 Å². The van der Waals surface area contributed by atoms with Gasteiger partial charge in [-0.15, -0.1) is 11.3 Å². The van der Waals surface area contributed by atoms with Gasteiger partial charge in [-0.05, 0) is 42.1 Å². The fourth-order valence-corrected chi connectivity index (χ4v) is 3.67. The van der Waals surface area contributed by atoms with Gasteiger partial charge in [-0.3, -0.25) is 4.79 Å². The van der Waals surface area contributed by atoms with Crippen molar-refractivity contribution in [3.8, 4) is 0 Å². The molecule has 0 aliphatic carbocycles. The molecule has 128 valence electrons. The van der Waals surface area contributed by atoms with Crippen LogP contribution in [0.2, 0.25) is 0 Å². The van der Waals surface area contributed by atoms with Crippen LogP contribution >= 0.6 is 11.3 Å². The van der Waals surface area contributed by atoms with Gasteiger partial charge in [-0.2, -0.15) is 13.2 Å². The number of amides is 1. The highest BCUT2D eigenvalue weighted by Gasteiger charge is 2.31. The van der Waals surface area contributed by atoms with Crippen molar-refractivity contribution in [3.63, 3.8) is 0 Å². The lowest BCUT2D eigenvalue weighted by Crippen LogP contribution is -2.48. The third-order valence-corrected chi connectivity index (χ3v) is 5.17. The van der Waals surface area contributed by atoms with E-state index >= 15 is 0 Å². The van der Waals surface area contributed by atoms with Gasteiger partial charge in [0.1, 0.15) is 0 Å². The number of hydrogen-bond acceptors (Lipinski definition) is 3. The maximum atomic E-state index is 12.8. The van der Waals surface area contributed by atoms with Crippen molar-refractivity contribution in [3.05, 3.63) is 51.7 Å². The summed E-state index contributed by atoms with van der Waals surface area (Å²) in [6, 6.07) is 7.25. The molecule has 1 aliphatic rings. The quantitative estimate of drug-likeness (QED) is 0.813. The first-order chi connectivity index (χ1) is 11.4. The number of aryl methyl sites for hydroxylation is 1. The van der Waals surface area contributed by atoms with Crippen molar-refractivity contribution in [2.24, 2.45) is 0 Å². The van der Waals surface area contributed by atoms with E-state index in [-0.39, 0.29) is 5.91 Å². The van der Waals surface area contributed by atoms with Crippen molar-refractivity contribution < 1.29 is 18.0 Å². The number of anilines is 1. The summed E-state index contributed by atoms with van der Waals surface area (Å²) in [6.45, 7) is 3.97. The number of thiophene rings is 1. The number of rotatable bonds is 2. The number of benzene rings is 1. The zero-order chi connectivity index (χ0) is 17.3. The predicted molar refractivity (Wildman–Crippen MR) is 88.6 cm³/mol. The van der Waals surface area contributed by atoms with Crippen LogP contribution in [-0.4, -0.2) is 37.0 Å². The second kappa shape index (κ2) is 6.47. The average Bonchev–Trinajstić information content (AvgIpc) is 3.00. The minimum Gasteiger partial charge on any atom is -0.368 e. The molecule has 0 spiro atoms. The summed E-state index contributed by atoms with van der Waals surface area (Å²) in [6.07, 6.45) is -4.34. The summed E-state index contributed by atoms with van der Waals surface area (Å²) in [7, 11) is 0. The molecule has 1 fully saturated rings. The Kier molecular flexibility index (Phi) is 4.54. The van der Waals surface area contributed by atoms with E-state index in [2.05, 4.69) is 0 Å². The summed E-state index contributed by atoms with van der Waals surface area (Å²) in [4.78, 5) is 16.9. The molecule has 2 heterocycles. The van der Waals surface area contributed by atoms with Gasteiger partial charge in [0.25, 0.3) is 5.91 Å². The molecule has 2 aromatic rings. The fraction of sp³-hybridized carbons (Fsp3) is 0.353. The molecule has 3 nitrogen and oxygen atoms in total. The van der Waals surface area contributed by atoms with Crippen LogP contribution in [-0.2, 0) is 6.18 Å². The van der Waals surface area contributed by atoms with Gasteiger partial charge in [-0.25, -0.2) is 0 Å². The van der Waals surface area contributed by atoms with Crippen LogP contribution in [0.3, 0.4) is 0 Å². The van der Waals surface area contributed by atoms with E-state index in [0.717, 1.165) is 16.5 Å². The molecule has 3 rings (SSSR count). The Morgan fingerprint density at radius 1 is 1.12 bits per heavy atom. The van der Waals surface area contributed by atoms with Crippen LogP contribution in [0.15, 0.2) is 35.7 Å². The molecule has 0 N–H and O–H groups in total. The molecule has 7 heteroatoms. The molecule has 1 aliphatic heterocycles. The summed E-state index contributed by atoms with van der Waals surface area (Å²) < 4.78 is 38.5. The molecule has 1 aromatic heterocycles. The van der Waals surface area contributed by atoms with Crippen molar-refractivity contribution in [1.29, 1.82) is 0 Å². The second-order valence-corrected chi connectivity index (χ2v) is 6.68. The second-order valence-electron chi connectivity index (χ2n) is 5.76. The molecular weight excluding hydrogens is 337 g/mol.